The lowest BCUT2D eigenvalue weighted by Crippen LogP contribution is -2.22. The Morgan fingerprint density at radius 1 is 1.21 bits per heavy atom. The summed E-state index contributed by atoms with van der Waals surface area (Å²) in [7, 11) is 0. The van der Waals surface area contributed by atoms with E-state index in [-0.39, 0.29) is 11.2 Å². The van der Waals surface area contributed by atoms with Gasteiger partial charge in [-0.15, -0.1) is 11.8 Å². The van der Waals surface area contributed by atoms with Crippen molar-refractivity contribution >= 4 is 17.7 Å². The van der Waals surface area contributed by atoms with E-state index in [1.165, 1.54) is 0 Å². The van der Waals surface area contributed by atoms with E-state index in [2.05, 4.69) is 0 Å². The third-order valence-corrected chi connectivity index (χ3v) is 4.32. The van der Waals surface area contributed by atoms with Crippen LogP contribution in [0.4, 0.5) is 4.39 Å². The topological polar surface area (TPSA) is 26.3 Å². The van der Waals surface area contributed by atoms with Gasteiger partial charge in [0.15, 0.2) is 0 Å². The van der Waals surface area contributed by atoms with E-state index in [1.54, 1.807) is 11.8 Å². The summed E-state index contributed by atoms with van der Waals surface area (Å²) in [6, 6.07) is 0. The van der Waals surface area contributed by atoms with Gasteiger partial charge in [-0.25, -0.2) is 4.39 Å². The Bertz CT molecular complexity index is 234. The number of thioether (sulfide) groups is 1. The average molecular weight is 292 g/mol. The molecule has 0 aromatic carbocycles. The molecule has 0 aromatic rings. The molecule has 0 spiro atoms. The fourth-order valence-electron chi connectivity index (χ4n) is 1.59. The zero-order valence-electron chi connectivity index (χ0n) is 12.8. The number of carbonyl (C=O) groups excluding carboxylic acids is 1. The van der Waals surface area contributed by atoms with Gasteiger partial charge in [0.1, 0.15) is 5.25 Å². The van der Waals surface area contributed by atoms with Gasteiger partial charge >= 0.3 is 5.97 Å². The van der Waals surface area contributed by atoms with Crippen molar-refractivity contribution in [2.45, 2.75) is 71.2 Å². The molecule has 0 amide bonds. The highest BCUT2D eigenvalue weighted by Crippen LogP contribution is 2.19. The van der Waals surface area contributed by atoms with Gasteiger partial charge < -0.3 is 4.74 Å². The van der Waals surface area contributed by atoms with Crippen molar-refractivity contribution in [2.24, 2.45) is 5.92 Å². The second-order valence-electron chi connectivity index (χ2n) is 5.29. The van der Waals surface area contributed by atoms with Crippen molar-refractivity contribution in [3.63, 3.8) is 0 Å². The summed E-state index contributed by atoms with van der Waals surface area (Å²) in [5.41, 5.74) is 0. The molecular weight excluding hydrogens is 263 g/mol. The molecule has 0 aliphatic heterocycles. The Hall–Kier alpha value is -0.250. The molecule has 0 saturated heterocycles. The molecule has 0 radical (unpaired) electrons. The third kappa shape index (κ3) is 10.2. The van der Waals surface area contributed by atoms with Crippen molar-refractivity contribution in [1.82, 2.24) is 0 Å². The molecular formula is C15H29FO2S. The van der Waals surface area contributed by atoms with E-state index in [9.17, 15) is 9.18 Å². The Morgan fingerprint density at radius 2 is 1.89 bits per heavy atom. The Labute approximate surface area is 121 Å². The number of carbonyl (C=O) groups is 1. The second-order valence-corrected chi connectivity index (χ2v) is 6.60. The summed E-state index contributed by atoms with van der Waals surface area (Å²) >= 11 is 1.64. The minimum atomic E-state index is -0.664. The van der Waals surface area contributed by atoms with E-state index in [0.29, 0.717) is 25.4 Å². The maximum absolute atomic E-state index is 13.0. The predicted octanol–water partition coefficient (Wildman–Crippen LogP) is 4.62. The molecule has 19 heavy (non-hydrogen) atoms. The monoisotopic (exact) mass is 292 g/mol. The molecule has 0 fully saturated rings. The number of esters is 1. The summed E-state index contributed by atoms with van der Waals surface area (Å²) < 4.78 is 18.3. The summed E-state index contributed by atoms with van der Waals surface area (Å²) in [6.45, 7) is 8.43. The van der Waals surface area contributed by atoms with Crippen LogP contribution in [0.2, 0.25) is 0 Å². The predicted molar refractivity (Wildman–Crippen MR) is 81.4 cm³/mol. The van der Waals surface area contributed by atoms with Gasteiger partial charge in [0, 0.05) is 0 Å². The van der Waals surface area contributed by atoms with Gasteiger partial charge in [0.05, 0.1) is 12.8 Å². The van der Waals surface area contributed by atoms with Gasteiger partial charge in [-0.05, 0) is 43.8 Å². The molecule has 2 nitrogen and oxygen atoms in total. The molecule has 0 N–H and O–H groups in total. The SMILES string of the molecule is CCC(F)CCCCSC(CC)C(=O)OCC(C)C. The maximum atomic E-state index is 13.0. The van der Waals surface area contributed by atoms with Gasteiger partial charge in [-0.2, -0.15) is 0 Å². The van der Waals surface area contributed by atoms with Gasteiger partial charge in [-0.1, -0.05) is 27.7 Å². The fourth-order valence-corrected chi connectivity index (χ4v) is 2.69. The zero-order valence-corrected chi connectivity index (χ0v) is 13.6. The number of alkyl halides is 1. The van der Waals surface area contributed by atoms with Crippen LogP contribution < -0.4 is 0 Å². The number of ether oxygens (including phenoxy) is 1. The van der Waals surface area contributed by atoms with Crippen LogP contribution in [-0.2, 0) is 9.53 Å². The van der Waals surface area contributed by atoms with E-state index in [4.69, 9.17) is 4.74 Å². The molecule has 0 rings (SSSR count). The normalized spacial score (nSPS) is 14.4. The molecule has 114 valence electrons. The fraction of sp³-hybridized carbons (Fsp3) is 0.933. The molecule has 0 saturated carbocycles. The van der Waals surface area contributed by atoms with Crippen molar-refractivity contribution in [3.05, 3.63) is 0 Å². The van der Waals surface area contributed by atoms with Crippen LogP contribution in [-0.4, -0.2) is 29.8 Å². The molecule has 2 atom stereocenters. The van der Waals surface area contributed by atoms with E-state index >= 15 is 0 Å². The smallest absolute Gasteiger partial charge is 0.319 e. The highest BCUT2D eigenvalue weighted by Gasteiger charge is 2.18. The minimum absolute atomic E-state index is 0.0638. The first kappa shape index (κ1) is 18.8. The van der Waals surface area contributed by atoms with E-state index in [1.807, 2.05) is 27.7 Å². The maximum Gasteiger partial charge on any atom is 0.319 e. The van der Waals surface area contributed by atoms with Crippen molar-refractivity contribution in [2.75, 3.05) is 12.4 Å². The van der Waals surface area contributed by atoms with E-state index < -0.39 is 6.17 Å². The first-order valence-corrected chi connectivity index (χ1v) is 8.48. The summed E-state index contributed by atoms with van der Waals surface area (Å²) in [5.74, 6) is 1.19. The van der Waals surface area contributed by atoms with Gasteiger partial charge in [0.25, 0.3) is 0 Å². The van der Waals surface area contributed by atoms with Gasteiger partial charge in [0.2, 0.25) is 0 Å². The first-order chi connectivity index (χ1) is 9.01. The van der Waals surface area contributed by atoms with Crippen LogP contribution in [0, 0.1) is 5.92 Å². The lowest BCUT2D eigenvalue weighted by molar-refractivity contribution is -0.144. The highest BCUT2D eigenvalue weighted by atomic mass is 32.2. The largest absolute Gasteiger partial charge is 0.465 e. The molecule has 0 heterocycles. The highest BCUT2D eigenvalue weighted by molar-refractivity contribution is 8.00. The minimum Gasteiger partial charge on any atom is -0.465 e. The number of halogens is 1. The van der Waals surface area contributed by atoms with Crippen LogP contribution in [0.3, 0.4) is 0 Å². The standard InChI is InChI=1S/C15H29FO2S/c1-5-13(16)9-7-8-10-19-14(6-2)15(17)18-11-12(3)4/h12-14H,5-11H2,1-4H3. The number of unbranched alkanes of at least 4 members (excludes halogenated alkanes) is 1. The molecule has 0 aliphatic carbocycles. The van der Waals surface area contributed by atoms with Crippen molar-refractivity contribution in [1.29, 1.82) is 0 Å². The summed E-state index contributed by atoms with van der Waals surface area (Å²) in [6.07, 6.45) is 3.25. The first-order valence-electron chi connectivity index (χ1n) is 7.43. The molecule has 0 bridgehead atoms. The van der Waals surface area contributed by atoms with Crippen LogP contribution in [0.15, 0.2) is 0 Å². The zero-order chi connectivity index (χ0) is 14.7. The molecule has 2 unspecified atom stereocenters. The Kier molecular flexibility index (Phi) is 11.4. The third-order valence-electron chi connectivity index (χ3n) is 2.87. The average Bonchev–Trinajstić information content (AvgIpc) is 2.39. The number of rotatable bonds is 11. The second kappa shape index (κ2) is 11.6. The summed E-state index contributed by atoms with van der Waals surface area (Å²) in [4.78, 5) is 11.8. The quantitative estimate of drug-likeness (QED) is 0.411. The Balaban J connectivity index is 3.72. The number of hydrogen-bond acceptors (Lipinski definition) is 3. The molecule has 4 heteroatoms. The number of hydrogen-bond donors (Lipinski definition) is 0. The molecule has 0 aliphatic rings. The van der Waals surface area contributed by atoms with Crippen LogP contribution in [0.25, 0.3) is 0 Å². The van der Waals surface area contributed by atoms with Crippen molar-refractivity contribution < 1.29 is 13.9 Å². The lowest BCUT2D eigenvalue weighted by atomic mass is 10.1. The lowest BCUT2D eigenvalue weighted by Gasteiger charge is -2.15. The van der Waals surface area contributed by atoms with Crippen LogP contribution >= 0.6 is 11.8 Å². The van der Waals surface area contributed by atoms with E-state index in [0.717, 1.165) is 25.0 Å². The van der Waals surface area contributed by atoms with Crippen LogP contribution in [0.1, 0.15) is 59.8 Å². The summed E-state index contributed by atoms with van der Waals surface area (Å²) in [5, 5.41) is -0.0638. The Morgan fingerprint density at radius 3 is 2.42 bits per heavy atom. The van der Waals surface area contributed by atoms with Gasteiger partial charge in [-0.3, -0.25) is 4.79 Å². The molecule has 0 aromatic heterocycles. The van der Waals surface area contributed by atoms with Crippen molar-refractivity contribution in [3.8, 4) is 0 Å². The van der Waals surface area contributed by atoms with Crippen LogP contribution in [0.5, 0.6) is 0 Å².